The molecule has 2 N–H and O–H groups in total. The first-order valence-electron chi connectivity index (χ1n) is 6.52. The minimum Gasteiger partial charge on any atom is -0.481 e. The Bertz CT molecular complexity index is 240. The van der Waals surface area contributed by atoms with Crippen LogP contribution in [-0.4, -0.2) is 22.2 Å². The average molecular weight is 324 g/mol. The van der Waals surface area contributed by atoms with E-state index in [4.69, 9.17) is 10.2 Å². The molecule has 0 aromatic rings. The monoisotopic (exact) mass is 322 g/mol. The second kappa shape index (κ2) is 17.3. The van der Waals surface area contributed by atoms with E-state index in [-0.39, 0.29) is 25.1 Å². The van der Waals surface area contributed by atoms with E-state index in [1.165, 1.54) is 39.0 Å². The molecule has 0 rings (SSSR count). The van der Waals surface area contributed by atoms with Gasteiger partial charge in [0.05, 0.1) is 0 Å². The smallest absolute Gasteiger partial charge is 0.330 e. The molecule has 0 aromatic heterocycles. The molecule has 0 fully saturated rings. The van der Waals surface area contributed by atoms with Crippen LogP contribution in [0.3, 0.4) is 0 Å². The molecule has 0 aliphatic rings. The first kappa shape index (κ1) is 23.4. The van der Waals surface area contributed by atoms with E-state index in [0.717, 1.165) is 12.8 Å². The van der Waals surface area contributed by atoms with Crippen LogP contribution < -0.4 is 0 Å². The Morgan fingerprint density at radius 1 is 0.947 bits per heavy atom. The van der Waals surface area contributed by atoms with Gasteiger partial charge in [-0.3, -0.25) is 4.79 Å². The summed E-state index contributed by atoms with van der Waals surface area (Å²) in [6, 6.07) is 0. The van der Waals surface area contributed by atoms with Crippen LogP contribution >= 0.6 is 0 Å². The summed E-state index contributed by atoms with van der Waals surface area (Å²) in [7, 11) is 0. The molecule has 0 aliphatic heterocycles. The van der Waals surface area contributed by atoms with Crippen LogP contribution in [0.5, 0.6) is 0 Å². The van der Waals surface area contributed by atoms with Gasteiger partial charge in [0.2, 0.25) is 0 Å². The molecule has 5 heteroatoms. The zero-order valence-corrected chi connectivity index (χ0v) is 15.2. The molecule has 0 aliphatic carbocycles. The second-order valence-electron chi connectivity index (χ2n) is 4.35. The van der Waals surface area contributed by atoms with Gasteiger partial charge in [-0.25, -0.2) is 4.79 Å². The summed E-state index contributed by atoms with van der Waals surface area (Å²) in [6.07, 6.45) is 8.64. The molecular formula is C14H26O4Zn. The molecule has 0 bridgehead atoms. The molecule has 0 amide bonds. The minimum absolute atomic E-state index is 0. The number of carbonyl (C=O) groups is 2. The summed E-state index contributed by atoms with van der Waals surface area (Å²) >= 11 is 0. The number of unbranched alkanes of at least 4 members (excludes halogenated alkanes) is 6. The number of rotatable bonds is 9. The largest absolute Gasteiger partial charge is 0.481 e. The van der Waals surface area contributed by atoms with Crippen LogP contribution in [0.25, 0.3) is 0 Å². The van der Waals surface area contributed by atoms with Crippen LogP contribution in [0.2, 0.25) is 0 Å². The van der Waals surface area contributed by atoms with Crippen molar-refractivity contribution >= 4 is 11.9 Å². The van der Waals surface area contributed by atoms with Crippen molar-refractivity contribution in [2.75, 3.05) is 0 Å². The Balaban J connectivity index is -0.000000313. The topological polar surface area (TPSA) is 74.6 Å². The van der Waals surface area contributed by atoms with Gasteiger partial charge in [0.1, 0.15) is 0 Å². The van der Waals surface area contributed by atoms with E-state index in [1.54, 1.807) is 0 Å². The maximum Gasteiger partial charge on any atom is 0.330 e. The standard InChI is InChI=1S/C10H20O2.C4H6O2.Zn/c1-2-3-4-5-6-7-8-9-10(11)12;1-3(2)4(5)6;/h2-9H2,1H3,(H,11,12);1H2,2H3,(H,5,6);. The third-order valence-corrected chi connectivity index (χ3v) is 2.36. The van der Waals surface area contributed by atoms with Crippen LogP contribution in [0, 0.1) is 0 Å². The minimum atomic E-state index is -0.935. The normalized spacial score (nSPS) is 8.74. The first-order chi connectivity index (χ1) is 8.41. The number of carboxylic acids is 2. The summed E-state index contributed by atoms with van der Waals surface area (Å²) in [4.78, 5) is 19.7. The Labute approximate surface area is 129 Å². The van der Waals surface area contributed by atoms with Crippen molar-refractivity contribution in [1.29, 1.82) is 0 Å². The molecule has 0 heterocycles. The Morgan fingerprint density at radius 2 is 1.32 bits per heavy atom. The van der Waals surface area contributed by atoms with Crippen molar-refractivity contribution in [3.05, 3.63) is 12.2 Å². The SMILES string of the molecule is C=C(C)C(=O)O.CCCCCCCCCC(=O)O.[Zn]. The van der Waals surface area contributed by atoms with E-state index in [2.05, 4.69) is 13.5 Å². The molecule has 0 aromatic carbocycles. The van der Waals surface area contributed by atoms with Crippen LogP contribution in [-0.2, 0) is 29.1 Å². The fraction of sp³-hybridized carbons (Fsp3) is 0.714. The zero-order valence-electron chi connectivity index (χ0n) is 12.3. The van der Waals surface area contributed by atoms with Gasteiger partial charge in [0, 0.05) is 31.5 Å². The predicted molar refractivity (Wildman–Crippen MR) is 72.7 cm³/mol. The molecule has 0 atom stereocenters. The number of carboxylic acid groups (broad SMARTS) is 2. The van der Waals surface area contributed by atoms with Crippen LogP contribution in [0.15, 0.2) is 12.2 Å². The average Bonchev–Trinajstić information content (AvgIpc) is 2.28. The van der Waals surface area contributed by atoms with Gasteiger partial charge in [-0.2, -0.15) is 0 Å². The van der Waals surface area contributed by atoms with Gasteiger partial charge < -0.3 is 10.2 Å². The van der Waals surface area contributed by atoms with Crippen molar-refractivity contribution in [3.8, 4) is 0 Å². The van der Waals surface area contributed by atoms with Gasteiger partial charge in [-0.05, 0) is 13.3 Å². The van der Waals surface area contributed by atoms with Crippen molar-refractivity contribution in [3.63, 3.8) is 0 Å². The Hall–Kier alpha value is -0.697. The summed E-state index contributed by atoms with van der Waals surface area (Å²) in [5.41, 5.74) is 0.176. The van der Waals surface area contributed by atoms with Gasteiger partial charge in [-0.1, -0.05) is 52.0 Å². The van der Waals surface area contributed by atoms with E-state index < -0.39 is 11.9 Å². The Kier molecular flexibility index (Phi) is 21.3. The molecule has 0 spiro atoms. The Morgan fingerprint density at radius 3 is 1.63 bits per heavy atom. The van der Waals surface area contributed by atoms with Crippen molar-refractivity contribution in [2.45, 2.75) is 65.2 Å². The van der Waals surface area contributed by atoms with E-state index >= 15 is 0 Å². The predicted octanol–water partition coefficient (Wildman–Crippen LogP) is 3.86. The van der Waals surface area contributed by atoms with Gasteiger partial charge in [0.25, 0.3) is 0 Å². The van der Waals surface area contributed by atoms with Crippen molar-refractivity contribution in [1.82, 2.24) is 0 Å². The molecule has 0 saturated heterocycles. The molecular weight excluding hydrogens is 298 g/mol. The number of aliphatic carboxylic acids is 2. The van der Waals surface area contributed by atoms with Crippen LogP contribution in [0.1, 0.15) is 65.2 Å². The van der Waals surface area contributed by atoms with Crippen LogP contribution in [0.4, 0.5) is 0 Å². The maximum atomic E-state index is 10.1. The zero-order chi connectivity index (χ0) is 14.4. The van der Waals surface area contributed by atoms with Crippen molar-refractivity contribution < 1.29 is 39.3 Å². The fourth-order valence-electron chi connectivity index (χ4n) is 1.23. The van der Waals surface area contributed by atoms with E-state index in [9.17, 15) is 9.59 Å². The fourth-order valence-corrected chi connectivity index (χ4v) is 1.23. The first-order valence-corrected chi connectivity index (χ1v) is 6.52. The van der Waals surface area contributed by atoms with Gasteiger partial charge in [0.15, 0.2) is 0 Å². The molecule has 19 heavy (non-hydrogen) atoms. The van der Waals surface area contributed by atoms with Gasteiger partial charge in [-0.15, -0.1) is 0 Å². The number of hydrogen-bond acceptors (Lipinski definition) is 2. The summed E-state index contributed by atoms with van der Waals surface area (Å²) in [5.74, 6) is -1.60. The second-order valence-corrected chi connectivity index (χ2v) is 4.35. The van der Waals surface area contributed by atoms with E-state index in [1.807, 2.05) is 0 Å². The summed E-state index contributed by atoms with van der Waals surface area (Å²) in [6.45, 7) is 6.80. The van der Waals surface area contributed by atoms with Gasteiger partial charge >= 0.3 is 11.9 Å². The third kappa shape index (κ3) is 26.8. The summed E-state index contributed by atoms with van der Waals surface area (Å²) in [5, 5.41) is 16.2. The maximum absolute atomic E-state index is 10.1. The molecule has 108 valence electrons. The summed E-state index contributed by atoms with van der Waals surface area (Å²) < 4.78 is 0. The molecule has 0 radical (unpaired) electrons. The third-order valence-electron chi connectivity index (χ3n) is 2.36. The number of hydrogen-bond donors (Lipinski definition) is 2. The quantitative estimate of drug-likeness (QED) is 0.384. The molecule has 0 unspecified atom stereocenters. The molecule has 4 nitrogen and oxygen atoms in total. The molecule has 0 saturated carbocycles. The van der Waals surface area contributed by atoms with Crippen molar-refractivity contribution in [2.24, 2.45) is 0 Å². The van der Waals surface area contributed by atoms with E-state index in [0.29, 0.717) is 6.42 Å².